The molecule has 2 aromatic carbocycles. The third kappa shape index (κ3) is 8.29. The van der Waals surface area contributed by atoms with Crippen molar-refractivity contribution in [2.24, 2.45) is 0 Å². The first kappa shape index (κ1) is 30.0. The van der Waals surface area contributed by atoms with E-state index in [4.69, 9.17) is 9.47 Å². The molecule has 0 bridgehead atoms. The molecule has 1 aliphatic heterocycles. The van der Waals surface area contributed by atoms with Gasteiger partial charge in [-0.3, -0.25) is 14.4 Å². The standard InChI is InChI=1S/C31H40N4O6/c1-2-3-12-26(27(36)28(37)32-23-13-15-25(16-14-23)41-24-10-6-4-7-11-24)33-29(38)31(17-8-5-9-18-31)34-30(39)35-19-21-40-22-20-35/h4,6-7,10-11,13-16,26H,2-3,5,8-9,12,17-22H2,1H3,(H,32,37)(H,33,38)(H,34,39)/t26-/m0/s1. The van der Waals surface area contributed by atoms with Gasteiger partial charge in [-0.05, 0) is 55.7 Å². The number of amides is 4. The van der Waals surface area contributed by atoms with E-state index in [1.807, 2.05) is 37.3 Å². The monoisotopic (exact) mass is 564 g/mol. The van der Waals surface area contributed by atoms with Gasteiger partial charge in [0, 0.05) is 18.8 Å². The van der Waals surface area contributed by atoms with Crippen LogP contribution in [0.2, 0.25) is 0 Å². The van der Waals surface area contributed by atoms with Crippen LogP contribution in [0.1, 0.15) is 58.3 Å². The number of hydrogen-bond donors (Lipinski definition) is 3. The molecule has 4 amide bonds. The molecule has 1 saturated carbocycles. The Balaban J connectivity index is 1.41. The molecule has 2 aliphatic rings. The SMILES string of the molecule is CCCC[C@H](NC(=O)C1(NC(=O)N2CCOCC2)CCCCC1)C(=O)C(=O)Nc1ccc(Oc2ccccc2)cc1. The van der Waals surface area contributed by atoms with Crippen LogP contribution in [-0.4, -0.2) is 66.4 Å². The van der Waals surface area contributed by atoms with Gasteiger partial charge < -0.3 is 30.3 Å². The second kappa shape index (κ2) is 14.6. The molecule has 10 heteroatoms. The number of morpholine rings is 1. The molecule has 1 aliphatic carbocycles. The molecular formula is C31H40N4O6. The quantitative estimate of drug-likeness (QED) is 0.347. The maximum Gasteiger partial charge on any atom is 0.318 e. The highest BCUT2D eigenvalue weighted by Gasteiger charge is 2.43. The number of hydrogen-bond acceptors (Lipinski definition) is 6. The maximum atomic E-state index is 13.7. The summed E-state index contributed by atoms with van der Waals surface area (Å²) >= 11 is 0. The summed E-state index contributed by atoms with van der Waals surface area (Å²) in [6.07, 6.45) is 5.28. The number of nitrogens with one attached hydrogen (secondary N) is 3. The minimum atomic E-state index is -1.12. The van der Waals surface area contributed by atoms with Crippen molar-refractivity contribution in [1.29, 1.82) is 0 Å². The van der Waals surface area contributed by atoms with Crippen molar-refractivity contribution in [3.05, 3.63) is 54.6 Å². The fourth-order valence-corrected chi connectivity index (χ4v) is 5.17. The van der Waals surface area contributed by atoms with Gasteiger partial charge in [-0.1, -0.05) is 57.2 Å². The molecule has 41 heavy (non-hydrogen) atoms. The number of ether oxygens (including phenoxy) is 2. The van der Waals surface area contributed by atoms with Gasteiger partial charge in [0.15, 0.2) is 0 Å². The summed E-state index contributed by atoms with van der Waals surface area (Å²) in [5, 5.41) is 8.48. The number of nitrogens with zero attached hydrogens (tertiary/aromatic N) is 1. The highest BCUT2D eigenvalue weighted by molar-refractivity contribution is 6.42. The number of para-hydroxylation sites is 1. The zero-order valence-electron chi connectivity index (χ0n) is 23.7. The van der Waals surface area contributed by atoms with Crippen molar-refractivity contribution in [1.82, 2.24) is 15.5 Å². The van der Waals surface area contributed by atoms with Gasteiger partial charge in [0.1, 0.15) is 17.0 Å². The third-order valence-corrected chi connectivity index (χ3v) is 7.57. The lowest BCUT2D eigenvalue weighted by Gasteiger charge is -2.39. The molecule has 1 heterocycles. The second-order valence-electron chi connectivity index (χ2n) is 10.6. The predicted molar refractivity (Wildman–Crippen MR) is 155 cm³/mol. The van der Waals surface area contributed by atoms with Gasteiger partial charge in [0.25, 0.3) is 5.91 Å². The minimum absolute atomic E-state index is 0.306. The predicted octanol–water partition coefficient (Wildman–Crippen LogP) is 4.41. The fraction of sp³-hybridized carbons (Fsp3) is 0.484. The van der Waals surface area contributed by atoms with Gasteiger partial charge in [-0.25, -0.2) is 4.79 Å². The number of benzene rings is 2. The molecule has 1 atom stereocenters. The Labute approximate surface area is 241 Å². The number of carbonyl (C=O) groups is 4. The van der Waals surface area contributed by atoms with Crippen molar-refractivity contribution in [2.75, 3.05) is 31.6 Å². The van der Waals surface area contributed by atoms with E-state index in [0.717, 1.165) is 25.7 Å². The first-order chi connectivity index (χ1) is 19.9. The topological polar surface area (TPSA) is 126 Å². The Morgan fingerprint density at radius 1 is 0.927 bits per heavy atom. The molecule has 0 unspecified atom stereocenters. The van der Waals surface area contributed by atoms with Crippen molar-refractivity contribution in [2.45, 2.75) is 69.9 Å². The van der Waals surface area contributed by atoms with Crippen molar-refractivity contribution in [3.63, 3.8) is 0 Å². The zero-order valence-corrected chi connectivity index (χ0v) is 23.7. The van der Waals surface area contributed by atoms with Crippen LogP contribution >= 0.6 is 0 Å². The van der Waals surface area contributed by atoms with Crippen molar-refractivity contribution < 1.29 is 28.7 Å². The van der Waals surface area contributed by atoms with Gasteiger partial charge in [-0.2, -0.15) is 0 Å². The lowest BCUT2D eigenvalue weighted by Crippen LogP contribution is -2.64. The number of ketones is 1. The molecule has 4 rings (SSSR count). The van der Waals surface area contributed by atoms with E-state index in [9.17, 15) is 19.2 Å². The van der Waals surface area contributed by atoms with Crippen LogP contribution in [0, 0.1) is 0 Å². The van der Waals surface area contributed by atoms with Crippen molar-refractivity contribution in [3.8, 4) is 11.5 Å². The van der Waals surface area contributed by atoms with Gasteiger partial charge in [0.05, 0.1) is 19.3 Å². The number of carbonyl (C=O) groups excluding carboxylic acids is 4. The Bertz CT molecular complexity index is 1170. The molecule has 0 spiro atoms. The molecule has 10 nitrogen and oxygen atoms in total. The Morgan fingerprint density at radius 2 is 1.59 bits per heavy atom. The molecule has 0 aromatic heterocycles. The van der Waals surface area contributed by atoms with Crippen LogP contribution in [0.5, 0.6) is 11.5 Å². The summed E-state index contributed by atoms with van der Waals surface area (Å²) in [5.41, 5.74) is -0.686. The van der Waals surface area contributed by atoms with Crippen LogP contribution in [0.3, 0.4) is 0 Å². The van der Waals surface area contributed by atoms with Crippen LogP contribution in [0.4, 0.5) is 10.5 Å². The van der Waals surface area contributed by atoms with Crippen LogP contribution in [0.15, 0.2) is 54.6 Å². The Kier molecular flexibility index (Phi) is 10.7. The summed E-state index contributed by atoms with van der Waals surface area (Å²) in [6, 6.07) is 14.7. The van der Waals surface area contributed by atoms with E-state index in [0.29, 0.717) is 69.2 Å². The fourth-order valence-electron chi connectivity index (χ4n) is 5.17. The molecule has 0 radical (unpaired) electrons. The first-order valence-electron chi connectivity index (χ1n) is 14.5. The summed E-state index contributed by atoms with van der Waals surface area (Å²) in [5.74, 6) is -0.667. The molecule has 2 fully saturated rings. The number of Topliss-reactive ketones (excluding diaryl/α,β-unsaturated/α-hetero) is 1. The van der Waals surface area contributed by atoms with Gasteiger partial charge in [0.2, 0.25) is 11.7 Å². The van der Waals surface area contributed by atoms with E-state index in [1.165, 1.54) is 0 Å². The Morgan fingerprint density at radius 3 is 2.24 bits per heavy atom. The average Bonchev–Trinajstić information content (AvgIpc) is 3.01. The van der Waals surface area contributed by atoms with Gasteiger partial charge in [-0.15, -0.1) is 0 Å². The van der Waals surface area contributed by atoms with E-state index in [2.05, 4.69) is 16.0 Å². The highest BCUT2D eigenvalue weighted by atomic mass is 16.5. The average molecular weight is 565 g/mol. The zero-order chi connectivity index (χ0) is 29.1. The Hall–Kier alpha value is -3.92. The van der Waals surface area contributed by atoms with Crippen molar-refractivity contribution >= 4 is 29.3 Å². The summed E-state index contributed by atoms with van der Waals surface area (Å²) in [7, 11) is 0. The summed E-state index contributed by atoms with van der Waals surface area (Å²) in [4.78, 5) is 54.7. The van der Waals surface area contributed by atoms with Crippen LogP contribution in [-0.2, 0) is 19.1 Å². The summed E-state index contributed by atoms with van der Waals surface area (Å²) in [6.45, 7) is 3.81. The minimum Gasteiger partial charge on any atom is -0.457 e. The maximum absolute atomic E-state index is 13.7. The smallest absolute Gasteiger partial charge is 0.318 e. The largest absolute Gasteiger partial charge is 0.457 e. The first-order valence-corrected chi connectivity index (χ1v) is 14.5. The number of anilines is 1. The van der Waals surface area contributed by atoms with E-state index < -0.39 is 29.2 Å². The number of urea groups is 1. The van der Waals surface area contributed by atoms with Gasteiger partial charge >= 0.3 is 6.03 Å². The lowest BCUT2D eigenvalue weighted by molar-refractivity contribution is -0.138. The van der Waals surface area contributed by atoms with E-state index >= 15 is 0 Å². The molecule has 3 N–H and O–H groups in total. The number of unbranched alkanes of at least 4 members (excludes halogenated alkanes) is 1. The van der Waals surface area contributed by atoms with E-state index in [1.54, 1.807) is 29.2 Å². The van der Waals surface area contributed by atoms with E-state index in [-0.39, 0.29) is 6.03 Å². The number of rotatable bonds is 11. The molecule has 1 saturated heterocycles. The van der Waals surface area contributed by atoms with Crippen LogP contribution in [0.25, 0.3) is 0 Å². The van der Waals surface area contributed by atoms with Crippen LogP contribution < -0.4 is 20.7 Å². The lowest BCUT2D eigenvalue weighted by atomic mass is 9.80. The summed E-state index contributed by atoms with van der Waals surface area (Å²) < 4.78 is 11.1. The second-order valence-corrected chi connectivity index (χ2v) is 10.6. The third-order valence-electron chi connectivity index (χ3n) is 7.57. The molecule has 2 aromatic rings. The normalized spacial score (nSPS) is 17.1. The molecule has 220 valence electrons. The molecular weight excluding hydrogens is 524 g/mol. The highest BCUT2D eigenvalue weighted by Crippen LogP contribution is 2.29.